The molecule has 3 N–H and O–H groups in total. The van der Waals surface area contributed by atoms with E-state index in [0.717, 1.165) is 19.8 Å². The van der Waals surface area contributed by atoms with E-state index in [0.29, 0.717) is 0 Å². The van der Waals surface area contributed by atoms with Crippen LogP contribution in [0.25, 0.3) is 0 Å². The van der Waals surface area contributed by atoms with E-state index in [1.165, 1.54) is 0 Å². The number of carbonyl (C=O) groups is 1. The number of hydrogen-bond donors (Lipinski definition) is 2. The molecule has 1 aliphatic carbocycles. The number of alkyl halides is 3. The molecule has 0 spiro atoms. The molecule has 0 saturated heterocycles. The van der Waals surface area contributed by atoms with E-state index in [9.17, 15) is 18.0 Å². The van der Waals surface area contributed by atoms with Gasteiger partial charge in [-0.15, -0.1) is 0 Å². The highest BCUT2D eigenvalue weighted by Gasteiger charge is 2.38. The Hall–Kier alpha value is -0.820. The summed E-state index contributed by atoms with van der Waals surface area (Å²) in [5, 5.41) is 2.83. The van der Waals surface area contributed by atoms with Gasteiger partial charge in [0.15, 0.2) is 6.10 Å². The maximum absolute atomic E-state index is 12.1. The molecule has 1 aliphatic rings. The van der Waals surface area contributed by atoms with Crippen molar-refractivity contribution in [2.24, 2.45) is 5.73 Å². The quantitative estimate of drug-likeness (QED) is 0.713. The monoisotopic (exact) mass is 240 g/mol. The van der Waals surface area contributed by atoms with Gasteiger partial charge in [0.25, 0.3) is 0 Å². The van der Waals surface area contributed by atoms with E-state index in [1.54, 1.807) is 0 Å². The molecule has 2 atom stereocenters. The van der Waals surface area contributed by atoms with Gasteiger partial charge in [0, 0.05) is 6.04 Å². The molecule has 1 saturated carbocycles. The SMILES string of the molecule is CC(OCC(NC1CC1)C(N)=O)C(F)(F)F. The largest absolute Gasteiger partial charge is 0.414 e. The van der Waals surface area contributed by atoms with Gasteiger partial charge in [-0.3, -0.25) is 4.79 Å². The minimum absolute atomic E-state index is 0.183. The molecule has 1 rings (SSSR count). The first-order chi connectivity index (χ1) is 7.30. The van der Waals surface area contributed by atoms with E-state index >= 15 is 0 Å². The number of amides is 1. The Kier molecular flexibility index (Phi) is 4.15. The average molecular weight is 240 g/mol. The fraction of sp³-hybridized carbons (Fsp3) is 0.889. The number of nitrogens with two attached hydrogens (primary N) is 1. The van der Waals surface area contributed by atoms with Gasteiger partial charge in [-0.1, -0.05) is 0 Å². The molecule has 16 heavy (non-hydrogen) atoms. The summed E-state index contributed by atoms with van der Waals surface area (Å²) in [6.07, 6.45) is -4.48. The third kappa shape index (κ3) is 4.36. The smallest absolute Gasteiger partial charge is 0.368 e. The van der Waals surface area contributed by atoms with Gasteiger partial charge in [-0.25, -0.2) is 0 Å². The summed E-state index contributed by atoms with van der Waals surface area (Å²) in [6.45, 7) is 0.543. The first-order valence-electron chi connectivity index (χ1n) is 5.04. The van der Waals surface area contributed by atoms with Crippen LogP contribution in [0.3, 0.4) is 0 Å². The molecule has 94 valence electrons. The van der Waals surface area contributed by atoms with E-state index < -0.39 is 24.2 Å². The van der Waals surface area contributed by atoms with E-state index in [4.69, 9.17) is 5.73 Å². The zero-order valence-electron chi connectivity index (χ0n) is 8.88. The number of hydrogen-bond acceptors (Lipinski definition) is 3. The van der Waals surface area contributed by atoms with Gasteiger partial charge in [0.1, 0.15) is 6.04 Å². The van der Waals surface area contributed by atoms with Crippen LogP contribution < -0.4 is 11.1 Å². The summed E-state index contributed by atoms with van der Waals surface area (Å²) in [4.78, 5) is 10.9. The second-order valence-corrected chi connectivity index (χ2v) is 3.91. The van der Waals surface area contributed by atoms with E-state index in [2.05, 4.69) is 10.1 Å². The molecular weight excluding hydrogens is 225 g/mol. The summed E-state index contributed by atoms with van der Waals surface area (Å²) in [5.74, 6) is -0.693. The predicted molar refractivity (Wildman–Crippen MR) is 50.6 cm³/mol. The molecular formula is C9H15F3N2O2. The topological polar surface area (TPSA) is 64.3 Å². The van der Waals surface area contributed by atoms with Crippen LogP contribution >= 0.6 is 0 Å². The summed E-state index contributed by atoms with van der Waals surface area (Å²) in [5.41, 5.74) is 5.05. The van der Waals surface area contributed by atoms with Crippen LogP contribution in [-0.2, 0) is 9.53 Å². The minimum atomic E-state index is -4.41. The van der Waals surface area contributed by atoms with E-state index in [-0.39, 0.29) is 12.6 Å². The number of carbonyl (C=O) groups excluding carboxylic acids is 1. The van der Waals surface area contributed by atoms with Gasteiger partial charge in [-0.2, -0.15) is 13.2 Å². The standard InChI is InChI=1S/C9H15F3N2O2/c1-5(9(10,11)12)16-4-7(8(13)15)14-6-2-3-6/h5-7,14H,2-4H2,1H3,(H2,13,15). The molecule has 0 aromatic carbocycles. The van der Waals surface area contributed by atoms with Crippen molar-refractivity contribution in [1.82, 2.24) is 5.32 Å². The molecule has 0 heterocycles. The third-order valence-corrected chi connectivity index (χ3v) is 2.33. The van der Waals surface area contributed by atoms with Crippen molar-refractivity contribution in [3.63, 3.8) is 0 Å². The number of halogens is 3. The zero-order chi connectivity index (χ0) is 12.3. The first kappa shape index (κ1) is 13.2. The van der Waals surface area contributed by atoms with Gasteiger partial charge in [0.05, 0.1) is 6.61 Å². The van der Waals surface area contributed by atoms with Crippen molar-refractivity contribution >= 4 is 5.91 Å². The zero-order valence-corrected chi connectivity index (χ0v) is 8.88. The fourth-order valence-corrected chi connectivity index (χ4v) is 1.08. The molecule has 0 aliphatic heterocycles. The lowest BCUT2D eigenvalue weighted by Crippen LogP contribution is -2.47. The summed E-state index contributed by atoms with van der Waals surface area (Å²) >= 11 is 0. The first-order valence-corrected chi connectivity index (χ1v) is 5.04. The Morgan fingerprint density at radius 1 is 1.56 bits per heavy atom. The van der Waals surface area contributed by atoms with Crippen LogP contribution in [0.5, 0.6) is 0 Å². The Morgan fingerprint density at radius 2 is 2.12 bits per heavy atom. The highest BCUT2D eigenvalue weighted by molar-refractivity contribution is 5.80. The highest BCUT2D eigenvalue weighted by atomic mass is 19.4. The maximum Gasteiger partial charge on any atom is 0.414 e. The van der Waals surface area contributed by atoms with Crippen molar-refractivity contribution in [3.05, 3.63) is 0 Å². The van der Waals surface area contributed by atoms with Crippen LogP contribution in [0, 0.1) is 0 Å². The van der Waals surface area contributed by atoms with E-state index in [1.807, 2.05) is 0 Å². The number of nitrogens with one attached hydrogen (secondary N) is 1. The third-order valence-electron chi connectivity index (χ3n) is 2.33. The molecule has 2 unspecified atom stereocenters. The van der Waals surface area contributed by atoms with Crippen LogP contribution in [0.1, 0.15) is 19.8 Å². The Bertz CT molecular complexity index is 254. The molecule has 4 nitrogen and oxygen atoms in total. The van der Waals surface area contributed by atoms with Gasteiger partial charge >= 0.3 is 6.18 Å². The molecule has 1 fully saturated rings. The Morgan fingerprint density at radius 3 is 2.50 bits per heavy atom. The van der Waals surface area contributed by atoms with Crippen LogP contribution in [0.15, 0.2) is 0 Å². The Labute approximate surface area is 91.3 Å². The summed E-state index contributed by atoms with van der Waals surface area (Å²) in [6, 6.07) is -0.667. The summed E-state index contributed by atoms with van der Waals surface area (Å²) in [7, 11) is 0. The normalized spacial score (nSPS) is 20.5. The highest BCUT2D eigenvalue weighted by Crippen LogP contribution is 2.23. The maximum atomic E-state index is 12.1. The second kappa shape index (κ2) is 5.01. The van der Waals surface area contributed by atoms with Gasteiger partial charge in [-0.05, 0) is 19.8 Å². The summed E-state index contributed by atoms with van der Waals surface area (Å²) < 4.78 is 40.9. The Balaban J connectivity index is 2.34. The number of ether oxygens (including phenoxy) is 1. The van der Waals surface area contributed by atoms with Gasteiger partial charge in [0.2, 0.25) is 5.91 Å². The van der Waals surface area contributed by atoms with Crippen molar-refractivity contribution < 1.29 is 22.7 Å². The molecule has 7 heteroatoms. The molecule has 0 bridgehead atoms. The van der Waals surface area contributed by atoms with Crippen molar-refractivity contribution in [1.29, 1.82) is 0 Å². The van der Waals surface area contributed by atoms with Crippen LogP contribution in [0.4, 0.5) is 13.2 Å². The lowest BCUT2D eigenvalue weighted by atomic mass is 10.3. The predicted octanol–water partition coefficient (Wildman–Crippen LogP) is 0.560. The number of primary amides is 1. The van der Waals surface area contributed by atoms with Gasteiger partial charge < -0.3 is 15.8 Å². The number of rotatable bonds is 6. The van der Waals surface area contributed by atoms with Crippen molar-refractivity contribution in [3.8, 4) is 0 Å². The fourth-order valence-electron chi connectivity index (χ4n) is 1.08. The van der Waals surface area contributed by atoms with Crippen LogP contribution in [-0.4, -0.2) is 36.9 Å². The molecule has 0 aromatic heterocycles. The minimum Gasteiger partial charge on any atom is -0.368 e. The molecule has 0 radical (unpaired) electrons. The molecule has 1 amide bonds. The van der Waals surface area contributed by atoms with Crippen LogP contribution in [0.2, 0.25) is 0 Å². The van der Waals surface area contributed by atoms with Crippen molar-refractivity contribution in [2.75, 3.05) is 6.61 Å². The van der Waals surface area contributed by atoms with Crippen molar-refractivity contribution in [2.45, 2.75) is 44.1 Å². The molecule has 0 aromatic rings. The second-order valence-electron chi connectivity index (χ2n) is 3.91. The average Bonchev–Trinajstić information content (AvgIpc) is 2.92. The lowest BCUT2D eigenvalue weighted by molar-refractivity contribution is -0.215. The lowest BCUT2D eigenvalue weighted by Gasteiger charge is -2.20.